The van der Waals surface area contributed by atoms with E-state index in [1.54, 1.807) is 6.92 Å². The Morgan fingerprint density at radius 2 is 1.35 bits per heavy atom. The third-order valence-electron chi connectivity index (χ3n) is 3.09. The van der Waals surface area contributed by atoms with Crippen molar-refractivity contribution in [2.45, 2.75) is 26.4 Å². The van der Waals surface area contributed by atoms with E-state index in [4.69, 9.17) is 0 Å². The second kappa shape index (κ2) is 5.15. The minimum Gasteiger partial charge on any atom is -0.389 e. The summed E-state index contributed by atoms with van der Waals surface area (Å²) in [7, 11) is 0. The lowest BCUT2D eigenvalue weighted by molar-refractivity contribution is 0.199. The molecule has 0 amide bonds. The molecule has 0 aromatic heterocycles. The third-order valence-corrected chi connectivity index (χ3v) is 3.09. The van der Waals surface area contributed by atoms with Crippen LogP contribution in [-0.2, 0) is 6.42 Å². The van der Waals surface area contributed by atoms with Gasteiger partial charge >= 0.3 is 0 Å². The summed E-state index contributed by atoms with van der Waals surface area (Å²) in [6, 6.07) is 16.7. The standard InChI is InChI=1S/C16H18O/c1-3-13-4-6-15(7-5-13)16-10-8-14(9-11-16)12(2)17/h4-12,17H,3H2,1-2H3. The first-order valence-electron chi connectivity index (χ1n) is 6.08. The summed E-state index contributed by atoms with van der Waals surface area (Å²) in [5.41, 5.74) is 4.73. The molecular formula is C16H18O. The zero-order valence-electron chi connectivity index (χ0n) is 10.4. The van der Waals surface area contributed by atoms with Crippen molar-refractivity contribution < 1.29 is 5.11 Å². The van der Waals surface area contributed by atoms with Gasteiger partial charge in [-0.2, -0.15) is 0 Å². The van der Waals surface area contributed by atoms with Crippen LogP contribution < -0.4 is 0 Å². The molecule has 1 nitrogen and oxygen atoms in total. The van der Waals surface area contributed by atoms with E-state index in [2.05, 4.69) is 43.3 Å². The third kappa shape index (κ3) is 2.75. The highest BCUT2D eigenvalue weighted by molar-refractivity contribution is 5.64. The van der Waals surface area contributed by atoms with E-state index in [1.807, 2.05) is 12.1 Å². The molecule has 0 aliphatic carbocycles. The highest BCUT2D eigenvalue weighted by atomic mass is 16.3. The van der Waals surface area contributed by atoms with Crippen molar-refractivity contribution in [1.82, 2.24) is 0 Å². The number of aliphatic hydroxyl groups excluding tert-OH is 1. The Bertz CT molecular complexity index is 466. The van der Waals surface area contributed by atoms with Gasteiger partial charge in [-0.15, -0.1) is 0 Å². The second-order valence-corrected chi connectivity index (χ2v) is 4.35. The number of benzene rings is 2. The molecule has 2 rings (SSSR count). The molecule has 1 heteroatoms. The van der Waals surface area contributed by atoms with Crippen LogP contribution in [-0.4, -0.2) is 5.11 Å². The van der Waals surface area contributed by atoms with E-state index in [0.717, 1.165) is 12.0 Å². The molecule has 88 valence electrons. The Morgan fingerprint density at radius 3 is 1.76 bits per heavy atom. The normalized spacial score (nSPS) is 12.4. The molecule has 0 aliphatic heterocycles. The van der Waals surface area contributed by atoms with Gasteiger partial charge in [0.25, 0.3) is 0 Å². The van der Waals surface area contributed by atoms with Crippen molar-refractivity contribution in [3.05, 3.63) is 59.7 Å². The molecule has 17 heavy (non-hydrogen) atoms. The van der Waals surface area contributed by atoms with Crippen LogP contribution in [0.15, 0.2) is 48.5 Å². The average molecular weight is 226 g/mol. The SMILES string of the molecule is CCc1ccc(-c2ccc(C(C)O)cc2)cc1. The molecule has 0 aliphatic rings. The Balaban J connectivity index is 2.26. The molecular weight excluding hydrogens is 208 g/mol. The summed E-state index contributed by atoms with van der Waals surface area (Å²) in [4.78, 5) is 0. The van der Waals surface area contributed by atoms with Gasteiger partial charge in [0.15, 0.2) is 0 Å². The second-order valence-electron chi connectivity index (χ2n) is 4.35. The van der Waals surface area contributed by atoms with Gasteiger partial charge in [-0.25, -0.2) is 0 Å². The number of hydrogen-bond donors (Lipinski definition) is 1. The Kier molecular flexibility index (Phi) is 3.60. The fourth-order valence-electron chi connectivity index (χ4n) is 1.89. The van der Waals surface area contributed by atoms with Crippen LogP contribution in [0.25, 0.3) is 11.1 Å². The summed E-state index contributed by atoms with van der Waals surface area (Å²) < 4.78 is 0. The minimum absolute atomic E-state index is 0.397. The molecule has 0 radical (unpaired) electrons. The first kappa shape index (κ1) is 11.9. The highest BCUT2D eigenvalue weighted by Crippen LogP contribution is 2.22. The zero-order valence-corrected chi connectivity index (χ0v) is 10.4. The van der Waals surface area contributed by atoms with Gasteiger partial charge in [0, 0.05) is 0 Å². The first-order valence-corrected chi connectivity index (χ1v) is 6.08. The largest absolute Gasteiger partial charge is 0.389 e. The number of aryl methyl sites for hydroxylation is 1. The number of hydrogen-bond acceptors (Lipinski definition) is 1. The van der Waals surface area contributed by atoms with Gasteiger partial charge in [-0.05, 0) is 35.6 Å². The molecule has 1 atom stereocenters. The average Bonchev–Trinajstić information content (AvgIpc) is 2.39. The molecule has 2 aromatic carbocycles. The lowest BCUT2D eigenvalue weighted by atomic mass is 10.0. The fraction of sp³-hybridized carbons (Fsp3) is 0.250. The predicted octanol–water partition coefficient (Wildman–Crippen LogP) is 3.97. The number of rotatable bonds is 3. The molecule has 2 aromatic rings. The van der Waals surface area contributed by atoms with Crippen LogP contribution in [0.1, 0.15) is 31.1 Å². The topological polar surface area (TPSA) is 20.2 Å². The van der Waals surface area contributed by atoms with E-state index in [9.17, 15) is 5.11 Å². The fourth-order valence-corrected chi connectivity index (χ4v) is 1.89. The Labute approximate surface area is 103 Å². The zero-order chi connectivity index (χ0) is 12.3. The van der Waals surface area contributed by atoms with E-state index in [0.29, 0.717) is 0 Å². The van der Waals surface area contributed by atoms with Gasteiger partial charge in [-0.1, -0.05) is 55.5 Å². The maximum Gasteiger partial charge on any atom is 0.0761 e. The highest BCUT2D eigenvalue weighted by Gasteiger charge is 2.01. The molecule has 1 N–H and O–H groups in total. The van der Waals surface area contributed by atoms with Crippen molar-refractivity contribution in [3.8, 4) is 11.1 Å². The van der Waals surface area contributed by atoms with Gasteiger partial charge in [0.2, 0.25) is 0 Å². The van der Waals surface area contributed by atoms with Gasteiger partial charge in [0.05, 0.1) is 6.10 Å². The maximum absolute atomic E-state index is 9.45. The molecule has 1 unspecified atom stereocenters. The number of aliphatic hydroxyl groups is 1. The van der Waals surface area contributed by atoms with Gasteiger partial charge < -0.3 is 5.11 Å². The van der Waals surface area contributed by atoms with Gasteiger partial charge in [0.1, 0.15) is 0 Å². The van der Waals surface area contributed by atoms with Crippen LogP contribution >= 0.6 is 0 Å². The molecule has 0 heterocycles. The molecule has 0 saturated heterocycles. The molecule has 0 fully saturated rings. The monoisotopic (exact) mass is 226 g/mol. The van der Waals surface area contributed by atoms with Crippen molar-refractivity contribution in [3.63, 3.8) is 0 Å². The summed E-state index contributed by atoms with van der Waals surface area (Å²) >= 11 is 0. The summed E-state index contributed by atoms with van der Waals surface area (Å²) in [6.45, 7) is 3.94. The summed E-state index contributed by atoms with van der Waals surface area (Å²) in [6.07, 6.45) is 0.674. The van der Waals surface area contributed by atoms with E-state index >= 15 is 0 Å². The van der Waals surface area contributed by atoms with Crippen molar-refractivity contribution in [2.24, 2.45) is 0 Å². The van der Waals surface area contributed by atoms with E-state index in [1.165, 1.54) is 16.7 Å². The first-order chi connectivity index (χ1) is 8.20. The molecule has 0 spiro atoms. The Morgan fingerprint density at radius 1 is 0.882 bits per heavy atom. The Hall–Kier alpha value is -1.60. The van der Waals surface area contributed by atoms with Crippen molar-refractivity contribution in [2.75, 3.05) is 0 Å². The van der Waals surface area contributed by atoms with Crippen LogP contribution in [0.3, 0.4) is 0 Å². The lowest BCUT2D eigenvalue weighted by Crippen LogP contribution is -1.90. The van der Waals surface area contributed by atoms with Gasteiger partial charge in [-0.3, -0.25) is 0 Å². The summed E-state index contributed by atoms with van der Waals surface area (Å²) in [5.74, 6) is 0. The van der Waals surface area contributed by atoms with Crippen LogP contribution in [0.2, 0.25) is 0 Å². The maximum atomic E-state index is 9.45. The van der Waals surface area contributed by atoms with Crippen molar-refractivity contribution >= 4 is 0 Å². The van der Waals surface area contributed by atoms with Crippen LogP contribution in [0, 0.1) is 0 Å². The van der Waals surface area contributed by atoms with Crippen LogP contribution in [0.4, 0.5) is 0 Å². The minimum atomic E-state index is -0.397. The quantitative estimate of drug-likeness (QED) is 0.839. The molecule has 0 saturated carbocycles. The van der Waals surface area contributed by atoms with E-state index < -0.39 is 6.10 Å². The smallest absolute Gasteiger partial charge is 0.0761 e. The summed E-state index contributed by atoms with van der Waals surface area (Å²) in [5, 5.41) is 9.45. The lowest BCUT2D eigenvalue weighted by Gasteiger charge is -2.07. The molecule has 0 bridgehead atoms. The van der Waals surface area contributed by atoms with Crippen LogP contribution in [0.5, 0.6) is 0 Å². The predicted molar refractivity (Wildman–Crippen MR) is 71.9 cm³/mol. The van der Waals surface area contributed by atoms with Crippen molar-refractivity contribution in [1.29, 1.82) is 0 Å². The van der Waals surface area contributed by atoms with E-state index in [-0.39, 0.29) is 0 Å².